The first kappa shape index (κ1) is 25.0. The van der Waals surface area contributed by atoms with Crippen LogP contribution in [0.1, 0.15) is 84.3 Å². The Kier molecular flexibility index (Phi) is 7.60. The van der Waals surface area contributed by atoms with Crippen LogP contribution in [-0.2, 0) is 11.2 Å². The third-order valence-corrected chi connectivity index (χ3v) is 6.43. The predicted molar refractivity (Wildman–Crippen MR) is 131 cm³/mol. The van der Waals surface area contributed by atoms with Crippen molar-refractivity contribution in [3.63, 3.8) is 0 Å². The highest BCUT2D eigenvalue weighted by molar-refractivity contribution is 6.33. The van der Waals surface area contributed by atoms with E-state index < -0.39 is 5.97 Å². The van der Waals surface area contributed by atoms with Gasteiger partial charge in [-0.15, -0.1) is 0 Å². The van der Waals surface area contributed by atoms with Crippen molar-refractivity contribution < 1.29 is 23.7 Å². The second-order valence-corrected chi connectivity index (χ2v) is 10.1. The Labute approximate surface area is 209 Å². The number of nitrogens with one attached hydrogen (secondary N) is 1. The minimum Gasteiger partial charge on any atom is -0.481 e. The Morgan fingerprint density at radius 3 is 2.63 bits per heavy atom. The third kappa shape index (κ3) is 6.11. The molecule has 4 rings (SSSR count). The lowest BCUT2D eigenvalue weighted by Gasteiger charge is -2.16. The van der Waals surface area contributed by atoms with Gasteiger partial charge in [0.25, 0.3) is 5.91 Å². The maximum Gasteiger partial charge on any atom is 0.303 e. The summed E-state index contributed by atoms with van der Waals surface area (Å²) in [6, 6.07) is 7.12. The summed E-state index contributed by atoms with van der Waals surface area (Å²) in [5, 5.41) is 21.1. The Morgan fingerprint density at radius 1 is 1.20 bits per heavy atom. The van der Waals surface area contributed by atoms with E-state index in [0.29, 0.717) is 40.1 Å². The first-order chi connectivity index (χ1) is 16.7. The highest BCUT2D eigenvalue weighted by atomic mass is 35.5. The third-order valence-electron chi connectivity index (χ3n) is 6.11. The summed E-state index contributed by atoms with van der Waals surface area (Å²) < 4.78 is 11.3. The number of rotatable bonds is 11. The lowest BCUT2D eigenvalue weighted by atomic mass is 9.92. The minimum atomic E-state index is -0.908. The van der Waals surface area contributed by atoms with Gasteiger partial charge in [0, 0.05) is 36.9 Å². The number of benzene rings is 1. The number of amides is 1. The molecule has 1 fully saturated rings. The van der Waals surface area contributed by atoms with E-state index in [1.54, 1.807) is 12.1 Å². The Balaban J connectivity index is 1.59. The molecule has 1 unspecified atom stereocenters. The smallest absolute Gasteiger partial charge is 0.303 e. The number of carboxylic acid groups (broad SMARTS) is 1. The van der Waals surface area contributed by atoms with Crippen LogP contribution in [0.4, 0.5) is 0 Å². The molecular formula is C26H30ClN3O5. The number of aryl methyl sites for hydroxylation is 1. The molecule has 3 aromatic rings. The van der Waals surface area contributed by atoms with Crippen LogP contribution in [0.25, 0.3) is 11.5 Å². The second kappa shape index (κ2) is 10.6. The van der Waals surface area contributed by atoms with Crippen LogP contribution in [0.15, 0.2) is 33.3 Å². The fraction of sp³-hybridized carbons (Fsp3) is 0.462. The molecular weight excluding hydrogens is 470 g/mol. The maximum absolute atomic E-state index is 12.8. The fourth-order valence-electron chi connectivity index (χ4n) is 4.22. The zero-order valence-electron chi connectivity index (χ0n) is 20.1. The summed E-state index contributed by atoms with van der Waals surface area (Å²) in [5.41, 5.74) is 3.53. The molecule has 8 nitrogen and oxygen atoms in total. The Morgan fingerprint density at radius 2 is 1.97 bits per heavy atom. The van der Waals surface area contributed by atoms with E-state index in [9.17, 15) is 14.7 Å². The average Bonchev–Trinajstić information content (AvgIpc) is 3.36. The molecule has 1 saturated carbocycles. The zero-order valence-corrected chi connectivity index (χ0v) is 20.9. The molecule has 186 valence electrons. The number of nitrogens with zero attached hydrogens (tertiary/aromatic N) is 2. The largest absolute Gasteiger partial charge is 0.481 e. The van der Waals surface area contributed by atoms with Crippen molar-refractivity contribution in [2.75, 3.05) is 6.54 Å². The van der Waals surface area contributed by atoms with E-state index in [4.69, 9.17) is 20.6 Å². The van der Waals surface area contributed by atoms with E-state index in [1.165, 1.54) is 0 Å². The lowest BCUT2D eigenvalue weighted by molar-refractivity contribution is -0.137. The van der Waals surface area contributed by atoms with E-state index >= 15 is 0 Å². The normalized spacial score (nSPS) is 14.3. The first-order valence-corrected chi connectivity index (χ1v) is 12.3. The van der Waals surface area contributed by atoms with E-state index in [1.807, 2.05) is 19.1 Å². The molecule has 1 amide bonds. The van der Waals surface area contributed by atoms with Crippen LogP contribution < -0.4 is 5.32 Å². The van der Waals surface area contributed by atoms with Gasteiger partial charge in [-0.1, -0.05) is 41.8 Å². The van der Waals surface area contributed by atoms with E-state index in [0.717, 1.165) is 36.1 Å². The molecule has 0 spiro atoms. The number of halogens is 1. The van der Waals surface area contributed by atoms with Crippen molar-refractivity contribution in [3.8, 4) is 11.5 Å². The quantitative estimate of drug-likeness (QED) is 0.345. The van der Waals surface area contributed by atoms with Gasteiger partial charge in [-0.25, -0.2) is 0 Å². The molecule has 2 N–H and O–H groups in total. The molecule has 35 heavy (non-hydrogen) atoms. The molecule has 0 radical (unpaired) electrons. The summed E-state index contributed by atoms with van der Waals surface area (Å²) >= 11 is 6.26. The van der Waals surface area contributed by atoms with Crippen LogP contribution in [0.2, 0.25) is 5.02 Å². The molecule has 2 heterocycles. The van der Waals surface area contributed by atoms with Gasteiger partial charge in [-0.2, -0.15) is 0 Å². The zero-order chi connectivity index (χ0) is 25.1. The summed E-state index contributed by atoms with van der Waals surface area (Å²) in [7, 11) is 0. The number of aromatic nitrogens is 2. The van der Waals surface area contributed by atoms with Gasteiger partial charge in [0.15, 0.2) is 11.5 Å². The van der Waals surface area contributed by atoms with Crippen molar-refractivity contribution in [1.29, 1.82) is 0 Å². The predicted octanol–water partition coefficient (Wildman–Crippen LogP) is 5.75. The average molecular weight is 500 g/mol. The van der Waals surface area contributed by atoms with Crippen molar-refractivity contribution in [3.05, 3.63) is 57.4 Å². The number of carbonyl (C=O) groups excluding carboxylic acids is 1. The van der Waals surface area contributed by atoms with Gasteiger partial charge in [-0.05, 0) is 55.7 Å². The number of carbonyl (C=O) groups is 2. The number of hydrogen-bond donors (Lipinski definition) is 2. The van der Waals surface area contributed by atoms with Crippen LogP contribution in [-0.4, -0.2) is 33.8 Å². The van der Waals surface area contributed by atoms with E-state index in [-0.39, 0.29) is 30.7 Å². The monoisotopic (exact) mass is 499 g/mol. The first-order valence-electron chi connectivity index (χ1n) is 11.9. The van der Waals surface area contributed by atoms with E-state index in [2.05, 4.69) is 29.5 Å². The fourth-order valence-corrected chi connectivity index (χ4v) is 4.54. The van der Waals surface area contributed by atoms with Gasteiger partial charge >= 0.3 is 5.97 Å². The van der Waals surface area contributed by atoms with Gasteiger partial charge in [0.1, 0.15) is 5.76 Å². The highest BCUT2D eigenvalue weighted by Gasteiger charge is 2.36. The summed E-state index contributed by atoms with van der Waals surface area (Å²) in [4.78, 5) is 24.2. The SMILES string of the molecule is Cc1ccc(C(=O)NCC(CCC(=O)O)c2noc(-c3cc(CC(C)C)on3)c2C2CC2)c(Cl)c1. The minimum absolute atomic E-state index is 0.0549. The second-order valence-electron chi connectivity index (χ2n) is 9.68. The summed E-state index contributed by atoms with van der Waals surface area (Å²) in [6.07, 6.45) is 3.01. The maximum atomic E-state index is 12.8. The Hall–Kier alpha value is -3.13. The molecule has 1 aromatic carbocycles. The van der Waals surface area contributed by atoms with Gasteiger partial charge in [-0.3, -0.25) is 9.59 Å². The molecule has 1 atom stereocenters. The number of carboxylic acids is 1. The van der Waals surface area contributed by atoms with Crippen molar-refractivity contribution >= 4 is 23.5 Å². The molecule has 0 bridgehead atoms. The topological polar surface area (TPSA) is 118 Å². The number of aliphatic carboxylic acids is 1. The summed E-state index contributed by atoms with van der Waals surface area (Å²) in [6.45, 7) is 6.32. The standard InChI is InChI=1S/C26H30ClN3O5/c1-14(2)10-18-12-21(29-34-18)25-23(16-5-6-16)24(30-35-25)17(7-9-22(31)32)13-28-26(33)19-8-4-15(3)11-20(19)27/h4,8,11-12,14,16-17H,5-7,9-10,13H2,1-3H3,(H,28,33)(H,31,32). The Bertz CT molecular complexity index is 1210. The molecule has 1 aliphatic rings. The van der Waals surface area contributed by atoms with Crippen LogP contribution >= 0.6 is 11.6 Å². The van der Waals surface area contributed by atoms with Gasteiger partial charge in [0.05, 0.1) is 16.3 Å². The molecule has 0 aliphatic heterocycles. The molecule has 2 aromatic heterocycles. The van der Waals surface area contributed by atoms with Crippen LogP contribution in [0.3, 0.4) is 0 Å². The molecule has 1 aliphatic carbocycles. The number of hydrogen-bond acceptors (Lipinski definition) is 6. The van der Waals surface area contributed by atoms with Crippen LogP contribution in [0.5, 0.6) is 0 Å². The van der Waals surface area contributed by atoms with Gasteiger partial charge < -0.3 is 19.5 Å². The molecule has 0 saturated heterocycles. The van der Waals surface area contributed by atoms with Crippen molar-refractivity contribution in [2.45, 2.75) is 64.7 Å². The lowest BCUT2D eigenvalue weighted by Crippen LogP contribution is -2.29. The van der Waals surface area contributed by atoms with Crippen molar-refractivity contribution in [2.24, 2.45) is 5.92 Å². The van der Waals surface area contributed by atoms with Gasteiger partial charge in [0.2, 0.25) is 0 Å². The molecule has 9 heteroatoms. The summed E-state index contributed by atoms with van der Waals surface area (Å²) in [5.74, 6) is 0.473. The van der Waals surface area contributed by atoms with Crippen LogP contribution in [0, 0.1) is 12.8 Å². The highest BCUT2D eigenvalue weighted by Crippen LogP contribution is 2.48. The van der Waals surface area contributed by atoms with Crippen molar-refractivity contribution in [1.82, 2.24) is 15.6 Å².